The minimum Gasteiger partial charge on any atom is -0.358 e. The molecule has 1 fully saturated rings. The predicted octanol–water partition coefficient (Wildman–Crippen LogP) is 0.272. The fourth-order valence-electron chi connectivity index (χ4n) is 2.34. The van der Waals surface area contributed by atoms with Crippen LogP contribution in [0.5, 0.6) is 0 Å². The minimum absolute atomic E-state index is 0.210. The van der Waals surface area contributed by atoms with E-state index in [0.717, 1.165) is 25.5 Å². The SMILES string of the molecule is CNC(=O)c1ccc(N(C)CC2CCCNC2)nn1. The lowest BCUT2D eigenvalue weighted by Gasteiger charge is -2.27. The Labute approximate surface area is 113 Å². The average molecular weight is 263 g/mol. The van der Waals surface area contributed by atoms with Crippen LogP contribution in [0.25, 0.3) is 0 Å². The van der Waals surface area contributed by atoms with E-state index in [4.69, 9.17) is 0 Å². The van der Waals surface area contributed by atoms with Crippen molar-refractivity contribution in [2.75, 3.05) is 38.6 Å². The molecule has 0 aromatic carbocycles. The van der Waals surface area contributed by atoms with E-state index in [1.54, 1.807) is 13.1 Å². The summed E-state index contributed by atoms with van der Waals surface area (Å²) < 4.78 is 0. The topological polar surface area (TPSA) is 70.2 Å². The molecule has 1 unspecified atom stereocenters. The van der Waals surface area contributed by atoms with E-state index in [9.17, 15) is 4.79 Å². The summed E-state index contributed by atoms with van der Waals surface area (Å²) in [5.41, 5.74) is 0.346. The standard InChI is InChI=1S/C13H21N5O/c1-14-13(19)11-5-6-12(17-16-11)18(2)9-10-4-3-7-15-8-10/h5-6,10,15H,3-4,7-9H2,1-2H3,(H,14,19). The zero-order chi connectivity index (χ0) is 13.7. The van der Waals surface area contributed by atoms with E-state index in [1.165, 1.54) is 12.8 Å². The highest BCUT2D eigenvalue weighted by atomic mass is 16.1. The van der Waals surface area contributed by atoms with Crippen LogP contribution in [0.2, 0.25) is 0 Å². The van der Waals surface area contributed by atoms with E-state index in [1.807, 2.05) is 13.1 Å². The number of nitrogens with zero attached hydrogens (tertiary/aromatic N) is 3. The Hall–Kier alpha value is -1.69. The van der Waals surface area contributed by atoms with Crippen molar-refractivity contribution in [3.05, 3.63) is 17.8 Å². The molecular formula is C13H21N5O. The first-order valence-corrected chi connectivity index (χ1v) is 6.68. The smallest absolute Gasteiger partial charge is 0.271 e. The summed E-state index contributed by atoms with van der Waals surface area (Å²) in [7, 11) is 3.60. The first-order valence-electron chi connectivity index (χ1n) is 6.68. The van der Waals surface area contributed by atoms with E-state index < -0.39 is 0 Å². The predicted molar refractivity (Wildman–Crippen MR) is 74.3 cm³/mol. The Balaban J connectivity index is 1.94. The lowest BCUT2D eigenvalue weighted by Crippen LogP contribution is -2.37. The number of nitrogens with one attached hydrogen (secondary N) is 2. The molecule has 1 amide bonds. The van der Waals surface area contributed by atoms with Gasteiger partial charge in [-0.1, -0.05) is 0 Å². The minimum atomic E-state index is -0.210. The molecule has 6 nitrogen and oxygen atoms in total. The molecule has 1 atom stereocenters. The summed E-state index contributed by atoms with van der Waals surface area (Å²) in [4.78, 5) is 13.5. The molecule has 1 aromatic rings. The second-order valence-corrected chi connectivity index (χ2v) is 4.95. The molecule has 2 rings (SSSR count). The fraction of sp³-hybridized carbons (Fsp3) is 0.615. The Morgan fingerprint density at radius 3 is 2.95 bits per heavy atom. The quantitative estimate of drug-likeness (QED) is 0.816. The molecule has 1 aliphatic heterocycles. The zero-order valence-electron chi connectivity index (χ0n) is 11.5. The molecule has 1 aromatic heterocycles. The molecule has 6 heteroatoms. The third-order valence-electron chi connectivity index (χ3n) is 3.43. The molecule has 1 saturated heterocycles. The Morgan fingerprint density at radius 2 is 2.37 bits per heavy atom. The van der Waals surface area contributed by atoms with Crippen molar-refractivity contribution in [1.29, 1.82) is 0 Å². The second-order valence-electron chi connectivity index (χ2n) is 4.95. The number of carbonyl (C=O) groups is 1. The van der Waals surface area contributed by atoms with Gasteiger partial charge in [0.05, 0.1) is 0 Å². The number of amides is 1. The van der Waals surface area contributed by atoms with Crippen LogP contribution < -0.4 is 15.5 Å². The molecule has 0 spiro atoms. The van der Waals surface area contributed by atoms with Gasteiger partial charge >= 0.3 is 0 Å². The third kappa shape index (κ3) is 3.64. The van der Waals surface area contributed by atoms with Crippen molar-refractivity contribution < 1.29 is 4.79 Å². The van der Waals surface area contributed by atoms with Crippen molar-refractivity contribution in [2.24, 2.45) is 5.92 Å². The second kappa shape index (κ2) is 6.47. The van der Waals surface area contributed by atoms with Crippen LogP contribution in [0.3, 0.4) is 0 Å². The normalized spacial score (nSPS) is 18.9. The summed E-state index contributed by atoms with van der Waals surface area (Å²) in [6.07, 6.45) is 2.49. The lowest BCUT2D eigenvalue weighted by atomic mass is 9.99. The van der Waals surface area contributed by atoms with Crippen LogP contribution in [0, 0.1) is 5.92 Å². The molecule has 0 bridgehead atoms. The van der Waals surface area contributed by atoms with E-state index in [-0.39, 0.29) is 5.91 Å². The zero-order valence-corrected chi connectivity index (χ0v) is 11.5. The Morgan fingerprint density at radius 1 is 1.53 bits per heavy atom. The highest BCUT2D eigenvalue weighted by Crippen LogP contribution is 2.15. The van der Waals surface area contributed by atoms with Gasteiger partial charge in [0.2, 0.25) is 0 Å². The third-order valence-corrected chi connectivity index (χ3v) is 3.43. The molecule has 2 N–H and O–H groups in total. The molecule has 0 radical (unpaired) electrons. The van der Waals surface area contributed by atoms with Gasteiger partial charge < -0.3 is 15.5 Å². The van der Waals surface area contributed by atoms with Crippen molar-refractivity contribution in [1.82, 2.24) is 20.8 Å². The van der Waals surface area contributed by atoms with Crippen LogP contribution in [-0.4, -0.2) is 49.8 Å². The van der Waals surface area contributed by atoms with Gasteiger partial charge in [-0.3, -0.25) is 4.79 Å². The summed E-state index contributed by atoms with van der Waals surface area (Å²) in [5, 5.41) is 14.0. The first kappa shape index (κ1) is 13.7. The van der Waals surface area contributed by atoms with E-state index >= 15 is 0 Å². The highest BCUT2D eigenvalue weighted by Gasteiger charge is 2.16. The molecule has 0 saturated carbocycles. The lowest BCUT2D eigenvalue weighted by molar-refractivity contribution is 0.0957. The first-order chi connectivity index (χ1) is 9.20. The molecule has 19 heavy (non-hydrogen) atoms. The van der Waals surface area contributed by atoms with Gasteiger partial charge in [0.25, 0.3) is 5.91 Å². The van der Waals surface area contributed by atoms with Gasteiger partial charge in [0.15, 0.2) is 11.5 Å². The van der Waals surface area contributed by atoms with Gasteiger partial charge in [-0.15, -0.1) is 10.2 Å². The van der Waals surface area contributed by atoms with Crippen LogP contribution in [0.1, 0.15) is 23.3 Å². The monoisotopic (exact) mass is 263 g/mol. The van der Waals surface area contributed by atoms with Gasteiger partial charge in [-0.2, -0.15) is 0 Å². The van der Waals surface area contributed by atoms with Crippen LogP contribution in [0.15, 0.2) is 12.1 Å². The number of piperidine rings is 1. The highest BCUT2D eigenvalue weighted by molar-refractivity contribution is 5.91. The van der Waals surface area contributed by atoms with Crippen LogP contribution in [-0.2, 0) is 0 Å². The van der Waals surface area contributed by atoms with E-state index in [2.05, 4.69) is 25.7 Å². The maximum absolute atomic E-state index is 11.4. The Bertz CT molecular complexity index is 414. The number of hydrogen-bond acceptors (Lipinski definition) is 5. The molecule has 0 aliphatic carbocycles. The summed E-state index contributed by atoms with van der Waals surface area (Å²) in [6.45, 7) is 3.15. The number of rotatable bonds is 4. The van der Waals surface area contributed by atoms with Gasteiger partial charge in [0.1, 0.15) is 0 Å². The van der Waals surface area contributed by atoms with Crippen molar-refractivity contribution in [3.8, 4) is 0 Å². The largest absolute Gasteiger partial charge is 0.358 e. The number of hydrogen-bond donors (Lipinski definition) is 2. The van der Waals surface area contributed by atoms with Crippen molar-refractivity contribution in [2.45, 2.75) is 12.8 Å². The number of anilines is 1. The van der Waals surface area contributed by atoms with E-state index in [0.29, 0.717) is 11.6 Å². The molecule has 1 aliphatic rings. The summed E-state index contributed by atoms with van der Waals surface area (Å²) in [5.74, 6) is 1.25. The maximum Gasteiger partial charge on any atom is 0.271 e. The number of aromatic nitrogens is 2. The van der Waals surface area contributed by atoms with Crippen molar-refractivity contribution in [3.63, 3.8) is 0 Å². The van der Waals surface area contributed by atoms with Gasteiger partial charge in [-0.25, -0.2) is 0 Å². The Kier molecular flexibility index (Phi) is 4.68. The average Bonchev–Trinajstić information content (AvgIpc) is 2.47. The van der Waals surface area contributed by atoms with Gasteiger partial charge in [0, 0.05) is 20.6 Å². The molecular weight excluding hydrogens is 242 g/mol. The van der Waals surface area contributed by atoms with Crippen LogP contribution >= 0.6 is 0 Å². The fourth-order valence-corrected chi connectivity index (χ4v) is 2.34. The molecule has 104 valence electrons. The molecule has 2 heterocycles. The van der Waals surface area contributed by atoms with Gasteiger partial charge in [-0.05, 0) is 44.0 Å². The number of carbonyl (C=O) groups excluding carboxylic acids is 1. The van der Waals surface area contributed by atoms with Crippen LogP contribution in [0.4, 0.5) is 5.82 Å². The summed E-state index contributed by atoms with van der Waals surface area (Å²) >= 11 is 0. The van der Waals surface area contributed by atoms with Crippen molar-refractivity contribution >= 4 is 11.7 Å². The maximum atomic E-state index is 11.4. The summed E-state index contributed by atoms with van der Waals surface area (Å²) in [6, 6.07) is 3.55.